The number of ketones is 1. The summed E-state index contributed by atoms with van der Waals surface area (Å²) in [7, 11) is 4.06. The monoisotopic (exact) mass is 563 g/mol. The molecule has 0 unspecified atom stereocenters. The number of carbonyl (C=O) groups excluding carboxylic acids is 2. The maximum Gasteiger partial charge on any atom is 0.360 e. The lowest BCUT2D eigenvalue weighted by Crippen LogP contribution is -2.19. The standard InChI is InChI=1S/C30H30ClN3O6/c1-20(32-40-19-24-8-5-6-11-26(24)29(34-39-4)30(36)37-2)28(33-38-3)22-15-12-21(13-16-22)14-17-27(35)23-9-7-10-25(31)18-23/h5-13,15-16,18H,14,17,19H2,1-4H3/b32-20+,33-28-,34-29?. The number of hydrogen-bond donors (Lipinski definition) is 0. The average Bonchev–Trinajstić information content (AvgIpc) is 2.97. The zero-order valence-corrected chi connectivity index (χ0v) is 23.5. The van der Waals surface area contributed by atoms with Crippen molar-refractivity contribution in [1.82, 2.24) is 0 Å². The molecule has 0 aromatic heterocycles. The lowest BCUT2D eigenvalue weighted by molar-refractivity contribution is -0.132. The number of hydrogen-bond acceptors (Lipinski definition) is 9. The van der Waals surface area contributed by atoms with E-state index in [0.717, 1.165) is 11.1 Å². The molecular formula is C30H30ClN3O6. The van der Waals surface area contributed by atoms with Crippen LogP contribution in [-0.4, -0.2) is 50.2 Å². The number of carbonyl (C=O) groups is 2. The molecule has 0 atom stereocenters. The number of oxime groups is 3. The first-order valence-electron chi connectivity index (χ1n) is 12.3. The van der Waals surface area contributed by atoms with Gasteiger partial charge in [0.1, 0.15) is 32.2 Å². The van der Waals surface area contributed by atoms with Crippen LogP contribution >= 0.6 is 11.6 Å². The predicted octanol–water partition coefficient (Wildman–Crippen LogP) is 5.62. The molecule has 0 amide bonds. The summed E-state index contributed by atoms with van der Waals surface area (Å²) in [6, 6.07) is 21.6. The number of aryl methyl sites for hydroxylation is 1. The smallest absolute Gasteiger partial charge is 0.360 e. The Hall–Kier alpha value is -4.50. The maximum atomic E-state index is 12.5. The van der Waals surface area contributed by atoms with Gasteiger partial charge in [0.15, 0.2) is 11.5 Å². The average molecular weight is 564 g/mol. The van der Waals surface area contributed by atoms with Gasteiger partial charge in [0.25, 0.3) is 0 Å². The van der Waals surface area contributed by atoms with Crippen LogP contribution in [0.1, 0.15) is 46.0 Å². The van der Waals surface area contributed by atoms with E-state index in [4.69, 9.17) is 30.9 Å². The maximum absolute atomic E-state index is 12.5. The topological polar surface area (TPSA) is 108 Å². The summed E-state index contributed by atoms with van der Waals surface area (Å²) in [5.74, 6) is -0.608. The van der Waals surface area contributed by atoms with E-state index in [0.29, 0.717) is 46.0 Å². The number of rotatable bonds is 13. The molecule has 208 valence electrons. The van der Waals surface area contributed by atoms with Crippen LogP contribution in [-0.2, 0) is 37.1 Å². The predicted molar refractivity (Wildman–Crippen MR) is 154 cm³/mol. The summed E-state index contributed by atoms with van der Waals surface area (Å²) in [6.45, 7) is 1.79. The van der Waals surface area contributed by atoms with Crippen molar-refractivity contribution in [3.8, 4) is 0 Å². The number of halogens is 1. The van der Waals surface area contributed by atoms with Gasteiger partial charge in [-0.2, -0.15) is 0 Å². The lowest BCUT2D eigenvalue weighted by atomic mass is 10.00. The molecule has 0 saturated heterocycles. The molecule has 0 heterocycles. The van der Waals surface area contributed by atoms with Gasteiger partial charge in [-0.05, 0) is 31.0 Å². The van der Waals surface area contributed by atoms with Crippen molar-refractivity contribution in [2.24, 2.45) is 15.5 Å². The van der Waals surface area contributed by atoms with Crippen LogP contribution in [0.25, 0.3) is 0 Å². The highest BCUT2D eigenvalue weighted by Crippen LogP contribution is 2.16. The summed E-state index contributed by atoms with van der Waals surface area (Å²) in [5.41, 5.74) is 4.48. The normalized spacial score (nSPS) is 12.1. The van der Waals surface area contributed by atoms with Gasteiger partial charge in [0, 0.05) is 33.7 Å². The second kappa shape index (κ2) is 15.2. The van der Waals surface area contributed by atoms with Gasteiger partial charge in [-0.1, -0.05) is 87.7 Å². The van der Waals surface area contributed by atoms with E-state index in [1.54, 1.807) is 49.4 Å². The van der Waals surface area contributed by atoms with Gasteiger partial charge < -0.3 is 19.2 Å². The molecule has 3 aromatic carbocycles. The van der Waals surface area contributed by atoms with E-state index in [1.165, 1.54) is 21.3 Å². The SMILES string of the molecule is CON=C(C(=O)OC)c1ccccc1CO/N=C(C)/C(=N/OC)c1ccc(CCC(=O)c2cccc(Cl)c2)cc1. The Bertz CT molecular complexity index is 1420. The number of benzene rings is 3. The van der Waals surface area contributed by atoms with Crippen LogP contribution in [0.2, 0.25) is 5.02 Å². The molecular weight excluding hydrogens is 534 g/mol. The minimum Gasteiger partial charge on any atom is -0.464 e. The van der Waals surface area contributed by atoms with Crippen LogP contribution in [0, 0.1) is 0 Å². The third-order valence-corrected chi connectivity index (χ3v) is 6.03. The highest BCUT2D eigenvalue weighted by atomic mass is 35.5. The van der Waals surface area contributed by atoms with Gasteiger partial charge in [0.05, 0.1) is 7.11 Å². The van der Waals surface area contributed by atoms with Crippen molar-refractivity contribution in [3.63, 3.8) is 0 Å². The molecule has 0 N–H and O–H groups in total. The fourth-order valence-corrected chi connectivity index (χ4v) is 4.01. The number of nitrogens with zero attached hydrogens (tertiary/aromatic N) is 3. The second-order valence-electron chi connectivity index (χ2n) is 8.47. The van der Waals surface area contributed by atoms with Crippen molar-refractivity contribution < 1.29 is 28.8 Å². The van der Waals surface area contributed by atoms with E-state index < -0.39 is 5.97 Å². The van der Waals surface area contributed by atoms with Gasteiger partial charge >= 0.3 is 5.97 Å². The molecule has 9 nitrogen and oxygen atoms in total. The summed E-state index contributed by atoms with van der Waals surface area (Å²) >= 11 is 6.00. The third kappa shape index (κ3) is 8.25. The van der Waals surface area contributed by atoms with Crippen molar-refractivity contribution in [2.75, 3.05) is 21.3 Å². The van der Waals surface area contributed by atoms with E-state index >= 15 is 0 Å². The largest absolute Gasteiger partial charge is 0.464 e. The van der Waals surface area contributed by atoms with Crippen LogP contribution < -0.4 is 0 Å². The Labute approximate surface area is 238 Å². The highest BCUT2D eigenvalue weighted by molar-refractivity contribution is 6.47. The first-order chi connectivity index (χ1) is 19.4. The fraction of sp³-hybridized carbons (Fsp3) is 0.233. The second-order valence-corrected chi connectivity index (χ2v) is 8.91. The lowest BCUT2D eigenvalue weighted by Gasteiger charge is -2.10. The minimum atomic E-state index is -0.638. The van der Waals surface area contributed by atoms with Gasteiger partial charge in [-0.15, -0.1) is 0 Å². The van der Waals surface area contributed by atoms with Gasteiger partial charge in [-0.25, -0.2) is 4.79 Å². The molecule has 0 aliphatic heterocycles. The Kier molecular flexibility index (Phi) is 11.4. The number of Topliss-reactive ketones (excluding diaryl/α,β-unsaturated/α-hetero) is 1. The number of ether oxygens (including phenoxy) is 1. The van der Waals surface area contributed by atoms with E-state index in [1.807, 2.05) is 30.3 Å². The molecule has 0 fully saturated rings. The first kappa shape index (κ1) is 30.0. The molecule has 0 radical (unpaired) electrons. The Balaban J connectivity index is 1.69. The zero-order valence-electron chi connectivity index (χ0n) is 22.7. The van der Waals surface area contributed by atoms with Crippen molar-refractivity contribution in [3.05, 3.63) is 106 Å². The molecule has 3 aromatic rings. The molecule has 0 bridgehead atoms. The van der Waals surface area contributed by atoms with Crippen LogP contribution in [0.5, 0.6) is 0 Å². The van der Waals surface area contributed by atoms with Crippen molar-refractivity contribution in [1.29, 1.82) is 0 Å². The quantitative estimate of drug-likeness (QED) is 0.115. The van der Waals surface area contributed by atoms with E-state index in [2.05, 4.69) is 15.5 Å². The Morgan fingerprint density at radius 1 is 0.800 bits per heavy atom. The molecule has 40 heavy (non-hydrogen) atoms. The highest BCUT2D eigenvalue weighted by Gasteiger charge is 2.19. The van der Waals surface area contributed by atoms with E-state index in [-0.39, 0.29) is 18.1 Å². The number of esters is 1. The number of methoxy groups -OCH3 is 1. The summed E-state index contributed by atoms with van der Waals surface area (Å²) in [5, 5.41) is 12.7. The fourth-order valence-electron chi connectivity index (χ4n) is 3.82. The van der Waals surface area contributed by atoms with Crippen LogP contribution in [0.4, 0.5) is 0 Å². The molecule has 0 saturated carbocycles. The molecule has 0 aliphatic carbocycles. The van der Waals surface area contributed by atoms with E-state index in [9.17, 15) is 9.59 Å². The van der Waals surface area contributed by atoms with Gasteiger partial charge in [-0.3, -0.25) is 4.79 Å². The molecule has 0 aliphatic rings. The Morgan fingerprint density at radius 3 is 2.17 bits per heavy atom. The third-order valence-electron chi connectivity index (χ3n) is 5.80. The molecule has 0 spiro atoms. The summed E-state index contributed by atoms with van der Waals surface area (Å²) < 4.78 is 4.81. The van der Waals surface area contributed by atoms with Crippen LogP contribution in [0.3, 0.4) is 0 Å². The summed E-state index contributed by atoms with van der Waals surface area (Å²) in [6.07, 6.45) is 0.944. The van der Waals surface area contributed by atoms with Crippen LogP contribution in [0.15, 0.2) is 88.3 Å². The van der Waals surface area contributed by atoms with Gasteiger partial charge in [0.2, 0.25) is 0 Å². The van der Waals surface area contributed by atoms with Crippen molar-refractivity contribution >= 4 is 40.5 Å². The summed E-state index contributed by atoms with van der Waals surface area (Å²) in [4.78, 5) is 40.1. The molecule has 3 rings (SSSR count). The Morgan fingerprint density at radius 2 is 1.50 bits per heavy atom. The first-order valence-corrected chi connectivity index (χ1v) is 12.7. The minimum absolute atomic E-state index is 0.0147. The molecule has 10 heteroatoms. The zero-order chi connectivity index (χ0) is 28.9. The van der Waals surface area contributed by atoms with Crippen molar-refractivity contribution in [2.45, 2.75) is 26.4 Å².